The van der Waals surface area contributed by atoms with Gasteiger partial charge in [0.15, 0.2) is 5.82 Å². The van der Waals surface area contributed by atoms with Crippen LogP contribution in [0.3, 0.4) is 0 Å². The Morgan fingerprint density at radius 1 is 1.04 bits per heavy atom. The van der Waals surface area contributed by atoms with Crippen molar-refractivity contribution in [3.8, 4) is 5.75 Å². The number of rotatable bonds is 5. The summed E-state index contributed by atoms with van der Waals surface area (Å²) in [6, 6.07) is 20.7. The summed E-state index contributed by atoms with van der Waals surface area (Å²) >= 11 is 0. The first kappa shape index (κ1) is 16.8. The second-order valence-corrected chi connectivity index (χ2v) is 5.98. The Kier molecular flexibility index (Phi) is 4.53. The number of nitrogens with one attached hydrogen (secondary N) is 2. The molecule has 134 valence electrons. The molecule has 0 saturated carbocycles. The molecule has 0 aliphatic rings. The molecule has 0 aliphatic carbocycles. The van der Waals surface area contributed by atoms with Crippen molar-refractivity contribution in [2.24, 2.45) is 0 Å². The van der Waals surface area contributed by atoms with Gasteiger partial charge in [-0.2, -0.15) is 5.10 Å². The maximum atomic E-state index is 13.7. The summed E-state index contributed by atoms with van der Waals surface area (Å²) in [4.78, 5) is 12.4. The molecule has 1 aromatic heterocycles. The second kappa shape index (κ2) is 7.29. The minimum Gasteiger partial charge on any atom is -0.489 e. The number of amides is 1. The molecule has 0 unspecified atom stereocenters. The van der Waals surface area contributed by atoms with Gasteiger partial charge in [-0.3, -0.25) is 9.89 Å². The number of nitrogens with zero attached hydrogens (tertiary/aromatic N) is 1. The van der Waals surface area contributed by atoms with E-state index in [2.05, 4.69) is 15.5 Å². The normalized spacial score (nSPS) is 10.7. The van der Waals surface area contributed by atoms with Gasteiger partial charge in [0.25, 0.3) is 5.91 Å². The smallest absolute Gasteiger partial charge is 0.256 e. The van der Waals surface area contributed by atoms with Gasteiger partial charge >= 0.3 is 0 Å². The molecule has 5 nitrogen and oxygen atoms in total. The highest BCUT2D eigenvalue weighted by Crippen LogP contribution is 2.26. The Bertz CT molecular complexity index is 1090. The second-order valence-electron chi connectivity index (χ2n) is 5.98. The van der Waals surface area contributed by atoms with Crippen LogP contribution in [-0.4, -0.2) is 16.1 Å². The molecule has 1 heterocycles. The minimum absolute atomic E-state index is 0.113. The first-order valence-corrected chi connectivity index (χ1v) is 8.41. The van der Waals surface area contributed by atoms with E-state index in [9.17, 15) is 9.18 Å². The monoisotopic (exact) mass is 361 g/mol. The lowest BCUT2D eigenvalue weighted by atomic mass is 10.2. The van der Waals surface area contributed by atoms with Gasteiger partial charge in [0, 0.05) is 16.5 Å². The van der Waals surface area contributed by atoms with E-state index in [1.54, 1.807) is 60.7 Å². The van der Waals surface area contributed by atoms with E-state index in [1.165, 1.54) is 6.07 Å². The summed E-state index contributed by atoms with van der Waals surface area (Å²) in [6.45, 7) is 0.113. The number of carbonyl (C=O) groups is 1. The summed E-state index contributed by atoms with van der Waals surface area (Å²) in [5, 5.41) is 10.5. The maximum Gasteiger partial charge on any atom is 0.256 e. The van der Waals surface area contributed by atoms with Crippen molar-refractivity contribution in [3.05, 3.63) is 89.7 Å². The number of ether oxygens (including phenoxy) is 1. The van der Waals surface area contributed by atoms with Crippen LogP contribution < -0.4 is 10.1 Å². The fraction of sp³-hybridized carbons (Fsp3) is 0.0476. The zero-order valence-electron chi connectivity index (χ0n) is 14.3. The van der Waals surface area contributed by atoms with Gasteiger partial charge in [-0.05, 0) is 36.4 Å². The number of aromatic nitrogens is 2. The molecule has 2 N–H and O–H groups in total. The molecule has 0 bridgehead atoms. The van der Waals surface area contributed by atoms with Gasteiger partial charge in [-0.15, -0.1) is 0 Å². The van der Waals surface area contributed by atoms with E-state index >= 15 is 0 Å². The molecule has 0 aliphatic heterocycles. The van der Waals surface area contributed by atoms with Crippen LogP contribution in [0.1, 0.15) is 15.9 Å². The number of aromatic amines is 1. The Labute approximate surface area is 154 Å². The lowest BCUT2D eigenvalue weighted by Gasteiger charge is -2.08. The summed E-state index contributed by atoms with van der Waals surface area (Å²) in [5.41, 5.74) is 1.78. The average molecular weight is 361 g/mol. The van der Waals surface area contributed by atoms with Crippen LogP contribution in [0.5, 0.6) is 5.75 Å². The van der Waals surface area contributed by atoms with Gasteiger partial charge in [-0.1, -0.05) is 36.4 Å². The molecule has 0 saturated heterocycles. The van der Waals surface area contributed by atoms with Crippen molar-refractivity contribution >= 4 is 22.6 Å². The van der Waals surface area contributed by atoms with Crippen LogP contribution in [0.15, 0.2) is 72.8 Å². The number of halogens is 1. The highest BCUT2D eigenvalue weighted by molar-refractivity contribution is 6.07. The van der Waals surface area contributed by atoms with Gasteiger partial charge in [0.1, 0.15) is 18.2 Å². The average Bonchev–Trinajstić information content (AvgIpc) is 3.10. The maximum absolute atomic E-state index is 13.7. The van der Waals surface area contributed by atoms with Crippen molar-refractivity contribution < 1.29 is 13.9 Å². The summed E-state index contributed by atoms with van der Waals surface area (Å²) in [5.74, 6) is 0.414. The third-order valence-electron chi connectivity index (χ3n) is 4.15. The van der Waals surface area contributed by atoms with Crippen LogP contribution in [0.4, 0.5) is 10.2 Å². The molecular formula is C21H16FN3O2. The topological polar surface area (TPSA) is 67.0 Å². The van der Waals surface area contributed by atoms with Crippen molar-refractivity contribution in [2.75, 3.05) is 5.32 Å². The van der Waals surface area contributed by atoms with Gasteiger partial charge < -0.3 is 10.1 Å². The van der Waals surface area contributed by atoms with Crippen molar-refractivity contribution in [3.63, 3.8) is 0 Å². The number of carbonyl (C=O) groups excluding carboxylic acids is 1. The van der Waals surface area contributed by atoms with Crippen LogP contribution in [0, 0.1) is 5.82 Å². The molecule has 0 radical (unpaired) electrons. The van der Waals surface area contributed by atoms with E-state index in [0.29, 0.717) is 28.1 Å². The molecule has 0 spiro atoms. The number of benzene rings is 3. The zero-order chi connectivity index (χ0) is 18.6. The molecule has 0 atom stereocenters. The molecule has 4 aromatic rings. The quantitative estimate of drug-likeness (QED) is 0.549. The molecule has 0 fully saturated rings. The van der Waals surface area contributed by atoms with E-state index < -0.39 is 0 Å². The lowest BCUT2D eigenvalue weighted by Crippen LogP contribution is -2.12. The van der Waals surface area contributed by atoms with Gasteiger partial charge in [0.05, 0.1) is 5.52 Å². The predicted octanol–water partition coefficient (Wildman–Crippen LogP) is 4.53. The predicted molar refractivity (Wildman–Crippen MR) is 101 cm³/mol. The Morgan fingerprint density at radius 2 is 1.81 bits per heavy atom. The van der Waals surface area contributed by atoms with E-state index in [1.807, 2.05) is 6.07 Å². The van der Waals surface area contributed by atoms with E-state index in [0.717, 1.165) is 5.52 Å². The van der Waals surface area contributed by atoms with Crippen molar-refractivity contribution in [1.82, 2.24) is 10.2 Å². The molecule has 6 heteroatoms. The molecule has 3 aromatic carbocycles. The number of hydrogen-bond donors (Lipinski definition) is 2. The van der Waals surface area contributed by atoms with Crippen molar-refractivity contribution in [1.29, 1.82) is 0 Å². The first-order chi connectivity index (χ1) is 13.2. The number of fused-ring (bicyclic) bond motifs is 1. The summed E-state index contributed by atoms with van der Waals surface area (Å²) in [6.07, 6.45) is 0. The molecular weight excluding hydrogens is 345 g/mol. The largest absolute Gasteiger partial charge is 0.489 e. The van der Waals surface area contributed by atoms with Crippen LogP contribution in [0.25, 0.3) is 10.9 Å². The summed E-state index contributed by atoms with van der Waals surface area (Å²) in [7, 11) is 0. The van der Waals surface area contributed by atoms with Gasteiger partial charge in [0.2, 0.25) is 0 Å². The standard InChI is InChI=1S/C21H16FN3O2/c22-18-9-5-4-8-15(18)13-27-16-10-11-19-17(12-16)20(25-24-19)23-21(26)14-6-2-1-3-7-14/h1-12H,13H2,(H2,23,24,25,26). The Hall–Kier alpha value is -3.67. The molecule has 27 heavy (non-hydrogen) atoms. The van der Waals surface area contributed by atoms with E-state index in [-0.39, 0.29) is 18.3 Å². The molecule has 1 amide bonds. The van der Waals surface area contributed by atoms with E-state index in [4.69, 9.17) is 4.74 Å². The van der Waals surface area contributed by atoms with Crippen LogP contribution in [0.2, 0.25) is 0 Å². The summed E-state index contributed by atoms with van der Waals surface area (Å²) < 4.78 is 19.4. The number of hydrogen-bond acceptors (Lipinski definition) is 3. The van der Waals surface area contributed by atoms with Gasteiger partial charge in [-0.25, -0.2) is 4.39 Å². The highest BCUT2D eigenvalue weighted by Gasteiger charge is 2.12. The fourth-order valence-electron chi connectivity index (χ4n) is 2.72. The Morgan fingerprint density at radius 3 is 2.63 bits per heavy atom. The SMILES string of the molecule is O=C(Nc1n[nH]c2ccc(OCc3ccccc3F)cc12)c1ccccc1. The minimum atomic E-state index is -0.308. The number of H-pyrrole nitrogens is 1. The van der Waals surface area contributed by atoms with Crippen LogP contribution >= 0.6 is 0 Å². The Balaban J connectivity index is 1.54. The fourth-order valence-corrected chi connectivity index (χ4v) is 2.72. The van der Waals surface area contributed by atoms with Crippen LogP contribution in [-0.2, 0) is 6.61 Å². The third-order valence-corrected chi connectivity index (χ3v) is 4.15. The number of anilines is 1. The highest BCUT2D eigenvalue weighted by atomic mass is 19.1. The lowest BCUT2D eigenvalue weighted by molar-refractivity contribution is 0.102. The zero-order valence-corrected chi connectivity index (χ0v) is 14.3. The third kappa shape index (κ3) is 3.64. The molecule has 4 rings (SSSR count). The van der Waals surface area contributed by atoms with Crippen molar-refractivity contribution in [2.45, 2.75) is 6.61 Å². The first-order valence-electron chi connectivity index (χ1n) is 8.41.